The molecule has 0 unspecified atom stereocenters. The third-order valence-electron chi connectivity index (χ3n) is 7.72. The smallest absolute Gasteiger partial charge is 0.256 e. The van der Waals surface area contributed by atoms with E-state index in [1.54, 1.807) is 41.1 Å². The van der Waals surface area contributed by atoms with Crippen LogP contribution in [0.1, 0.15) is 53.4 Å². The van der Waals surface area contributed by atoms with Crippen LogP contribution < -0.4 is 4.90 Å². The number of halogens is 1. The molecule has 2 aliphatic rings. The number of carbonyl (C=O) groups excluding carboxylic acids is 2. The molecule has 0 aliphatic carbocycles. The minimum atomic E-state index is -1.12. The van der Waals surface area contributed by atoms with Crippen LogP contribution >= 0.6 is 11.6 Å². The van der Waals surface area contributed by atoms with Crippen molar-refractivity contribution < 1.29 is 24.0 Å². The second-order valence-corrected chi connectivity index (χ2v) is 10.9. The molecule has 1 N–H and O–H groups in total. The molecule has 212 valence electrons. The fourth-order valence-corrected chi connectivity index (χ4v) is 5.65. The largest absolute Gasteiger partial charge is 0.378 e. The zero-order chi connectivity index (χ0) is 28.1. The van der Waals surface area contributed by atoms with Crippen molar-refractivity contribution in [1.29, 1.82) is 0 Å². The molecule has 1 atom stereocenters. The minimum Gasteiger partial charge on any atom is -0.378 e. The van der Waals surface area contributed by atoms with E-state index in [0.29, 0.717) is 41.5 Å². The van der Waals surface area contributed by atoms with Gasteiger partial charge in [0.15, 0.2) is 6.10 Å². The number of aromatic nitrogens is 1. The van der Waals surface area contributed by atoms with Gasteiger partial charge < -0.3 is 29.1 Å². The number of rotatable bonds is 8. The van der Waals surface area contributed by atoms with Crippen LogP contribution in [-0.4, -0.2) is 77.3 Å². The van der Waals surface area contributed by atoms with E-state index in [9.17, 15) is 14.7 Å². The lowest BCUT2D eigenvalue weighted by Crippen LogP contribution is -2.45. The highest BCUT2D eigenvalue weighted by atomic mass is 35.5. The number of carbonyl (C=O) groups is 2. The molecular weight excluding hydrogens is 532 g/mol. The zero-order valence-corrected chi connectivity index (χ0v) is 23.4. The molecule has 10 heteroatoms. The van der Waals surface area contributed by atoms with Crippen LogP contribution in [0, 0.1) is 0 Å². The van der Waals surface area contributed by atoms with Gasteiger partial charge in [-0.15, -0.1) is 0 Å². The van der Waals surface area contributed by atoms with Crippen LogP contribution in [0.25, 0.3) is 0 Å². The Bertz CT molecular complexity index is 1270. The molecule has 2 aliphatic heterocycles. The molecule has 2 saturated heterocycles. The summed E-state index contributed by atoms with van der Waals surface area (Å²) in [5.74, 6) is -0.417. The van der Waals surface area contributed by atoms with E-state index in [0.717, 1.165) is 44.5 Å². The molecule has 2 aromatic carbocycles. The van der Waals surface area contributed by atoms with Crippen molar-refractivity contribution in [3.63, 3.8) is 0 Å². The number of nitrogens with zero attached hydrogens (tertiary/aromatic N) is 4. The van der Waals surface area contributed by atoms with E-state index < -0.39 is 6.10 Å². The summed E-state index contributed by atoms with van der Waals surface area (Å²) in [6.07, 6.45) is 3.96. The monoisotopic (exact) mass is 566 g/mol. The van der Waals surface area contributed by atoms with Crippen molar-refractivity contribution in [3.8, 4) is 0 Å². The standard InChI is InChI=1S/C30H35ClN4O5/c1-33(20-22-13-18-39-32-22)29(37)26-8-7-23(19-27(26)31)34-14-9-24(10-15-34)40-25-11-16-35(17-12-25)30(38)28(36)21-5-3-2-4-6-21/h2-8,13,18-19,24-25,28,36H,9-12,14-17,20H2,1H3/t28-/m1/s1. The lowest BCUT2D eigenvalue weighted by Gasteiger charge is -2.38. The van der Waals surface area contributed by atoms with Crippen molar-refractivity contribution in [1.82, 2.24) is 15.0 Å². The van der Waals surface area contributed by atoms with Gasteiger partial charge in [0.1, 0.15) is 12.0 Å². The van der Waals surface area contributed by atoms with Gasteiger partial charge in [-0.1, -0.05) is 47.1 Å². The maximum atomic E-state index is 12.9. The summed E-state index contributed by atoms with van der Waals surface area (Å²) in [5, 5.41) is 14.7. The zero-order valence-electron chi connectivity index (χ0n) is 22.6. The number of piperidine rings is 2. The first-order valence-electron chi connectivity index (χ1n) is 13.8. The molecule has 3 heterocycles. The molecule has 2 fully saturated rings. The van der Waals surface area contributed by atoms with E-state index in [-0.39, 0.29) is 24.0 Å². The molecule has 0 radical (unpaired) electrons. The van der Waals surface area contributed by atoms with Gasteiger partial charge in [0, 0.05) is 45.0 Å². The summed E-state index contributed by atoms with van der Waals surface area (Å²) < 4.78 is 11.3. The number of likely N-dealkylation sites (tertiary alicyclic amines) is 1. The van der Waals surface area contributed by atoms with E-state index in [2.05, 4.69) is 10.1 Å². The number of aliphatic hydroxyl groups excluding tert-OH is 1. The van der Waals surface area contributed by atoms with Crippen LogP contribution in [0.4, 0.5) is 5.69 Å². The van der Waals surface area contributed by atoms with Crippen LogP contribution in [-0.2, 0) is 16.1 Å². The van der Waals surface area contributed by atoms with Crippen molar-refractivity contribution in [2.75, 3.05) is 38.1 Å². The predicted molar refractivity (Wildman–Crippen MR) is 151 cm³/mol. The SMILES string of the molecule is CN(Cc1ccon1)C(=O)c1ccc(N2CCC(OC3CCN(C(=O)[C@H](O)c4ccccc4)CC3)CC2)cc1Cl. The molecule has 0 spiro atoms. The molecule has 5 rings (SSSR count). The minimum absolute atomic E-state index is 0.114. The van der Waals surface area contributed by atoms with E-state index in [1.165, 1.54) is 6.26 Å². The van der Waals surface area contributed by atoms with Gasteiger partial charge in [-0.25, -0.2) is 0 Å². The van der Waals surface area contributed by atoms with Crippen molar-refractivity contribution in [2.45, 2.75) is 50.5 Å². The summed E-state index contributed by atoms with van der Waals surface area (Å²) in [5.41, 5.74) is 2.74. The summed E-state index contributed by atoms with van der Waals surface area (Å²) in [6, 6.07) is 16.4. The van der Waals surface area contributed by atoms with E-state index in [4.69, 9.17) is 20.9 Å². The van der Waals surface area contributed by atoms with Crippen molar-refractivity contribution in [2.24, 2.45) is 0 Å². The Labute approximate surface area is 239 Å². The number of hydrogen-bond acceptors (Lipinski definition) is 7. The maximum absolute atomic E-state index is 12.9. The van der Waals surface area contributed by atoms with Crippen LogP contribution in [0.15, 0.2) is 65.4 Å². The second kappa shape index (κ2) is 12.8. The lowest BCUT2D eigenvalue weighted by atomic mass is 10.0. The van der Waals surface area contributed by atoms with Gasteiger partial charge in [-0.3, -0.25) is 9.59 Å². The average molecular weight is 567 g/mol. The Hall–Kier alpha value is -3.40. The van der Waals surface area contributed by atoms with Gasteiger partial charge >= 0.3 is 0 Å². The van der Waals surface area contributed by atoms with Crippen LogP contribution in [0.2, 0.25) is 5.02 Å². The van der Waals surface area contributed by atoms with Gasteiger partial charge in [0.05, 0.1) is 29.3 Å². The van der Waals surface area contributed by atoms with E-state index >= 15 is 0 Å². The highest BCUT2D eigenvalue weighted by Gasteiger charge is 2.30. The Morgan fingerprint density at radius 3 is 2.35 bits per heavy atom. The Morgan fingerprint density at radius 1 is 1.05 bits per heavy atom. The molecular formula is C30H35ClN4O5. The fraction of sp³-hybridized carbons (Fsp3) is 0.433. The molecule has 0 bridgehead atoms. The van der Waals surface area contributed by atoms with Gasteiger partial charge in [-0.2, -0.15) is 0 Å². The molecule has 9 nitrogen and oxygen atoms in total. The topological polar surface area (TPSA) is 99.4 Å². The highest BCUT2D eigenvalue weighted by molar-refractivity contribution is 6.34. The predicted octanol–water partition coefficient (Wildman–Crippen LogP) is 4.31. The second-order valence-electron chi connectivity index (χ2n) is 10.5. The summed E-state index contributed by atoms with van der Waals surface area (Å²) in [7, 11) is 1.71. The summed E-state index contributed by atoms with van der Waals surface area (Å²) in [6.45, 7) is 3.18. The molecule has 1 aromatic heterocycles. The lowest BCUT2D eigenvalue weighted by molar-refractivity contribution is -0.144. The van der Waals surface area contributed by atoms with Gasteiger partial charge in [-0.05, 0) is 49.4 Å². The molecule has 0 saturated carbocycles. The number of anilines is 1. The van der Waals surface area contributed by atoms with Gasteiger partial charge in [0.25, 0.3) is 11.8 Å². The normalized spacial score (nSPS) is 17.6. The fourth-order valence-electron chi connectivity index (χ4n) is 5.40. The number of ether oxygens (including phenoxy) is 1. The van der Waals surface area contributed by atoms with Crippen molar-refractivity contribution >= 4 is 29.1 Å². The molecule has 2 amide bonds. The quantitative estimate of drug-likeness (QED) is 0.434. The van der Waals surface area contributed by atoms with Crippen LogP contribution in [0.5, 0.6) is 0 Å². The Kier molecular flexibility index (Phi) is 9.04. The maximum Gasteiger partial charge on any atom is 0.256 e. The number of hydrogen-bond donors (Lipinski definition) is 1. The van der Waals surface area contributed by atoms with E-state index in [1.807, 2.05) is 30.3 Å². The number of amides is 2. The first-order valence-corrected chi connectivity index (χ1v) is 14.1. The third-order valence-corrected chi connectivity index (χ3v) is 8.03. The average Bonchev–Trinajstić information content (AvgIpc) is 3.50. The third kappa shape index (κ3) is 6.66. The van der Waals surface area contributed by atoms with Gasteiger partial charge in [0.2, 0.25) is 0 Å². The summed E-state index contributed by atoms with van der Waals surface area (Å²) in [4.78, 5) is 31.2. The number of benzene rings is 2. The molecule has 3 aromatic rings. The van der Waals surface area contributed by atoms with Crippen LogP contribution in [0.3, 0.4) is 0 Å². The Balaban J connectivity index is 1.07. The first kappa shape index (κ1) is 28.1. The Morgan fingerprint density at radius 2 is 1.73 bits per heavy atom. The summed E-state index contributed by atoms with van der Waals surface area (Å²) >= 11 is 6.54. The van der Waals surface area contributed by atoms with Crippen molar-refractivity contribution in [3.05, 3.63) is 82.7 Å². The first-order chi connectivity index (χ1) is 19.4. The molecule has 40 heavy (non-hydrogen) atoms. The highest BCUT2D eigenvalue weighted by Crippen LogP contribution is 2.29. The number of aliphatic hydroxyl groups is 1.